The molecule has 3 rings (SSSR count). The number of alkyl halides is 1. The zero-order chi connectivity index (χ0) is 11.0. The quantitative estimate of drug-likeness (QED) is 0.630. The van der Waals surface area contributed by atoms with Crippen molar-refractivity contribution < 1.29 is 0 Å². The molecular weight excluding hydrogens is 218 g/mol. The molecule has 2 aromatic rings. The first-order valence-electron chi connectivity index (χ1n) is 5.52. The van der Waals surface area contributed by atoms with Gasteiger partial charge in [0.25, 0.3) is 0 Å². The van der Waals surface area contributed by atoms with Crippen molar-refractivity contribution in [2.75, 3.05) is 0 Å². The van der Waals surface area contributed by atoms with Gasteiger partial charge in [-0.25, -0.2) is 0 Å². The molecule has 0 amide bonds. The number of benzene rings is 1. The van der Waals surface area contributed by atoms with E-state index in [0.29, 0.717) is 0 Å². The Balaban J connectivity index is 2.18. The van der Waals surface area contributed by atoms with Crippen LogP contribution < -0.4 is 0 Å². The Bertz CT molecular complexity index is 474. The minimum Gasteiger partial charge on any atom is -0.259 e. The molecule has 1 aromatic carbocycles. The fourth-order valence-corrected chi connectivity index (χ4v) is 2.73. The highest BCUT2D eigenvalue weighted by molar-refractivity contribution is 6.22. The topological polar surface area (TPSA) is 12.9 Å². The Hall–Kier alpha value is -1.34. The fourth-order valence-electron chi connectivity index (χ4n) is 2.32. The summed E-state index contributed by atoms with van der Waals surface area (Å²) in [5, 5.41) is -0.102. The molecule has 1 aromatic heterocycles. The Morgan fingerprint density at radius 1 is 1.00 bits per heavy atom. The van der Waals surface area contributed by atoms with Gasteiger partial charge in [-0.1, -0.05) is 30.3 Å². The molecule has 0 aliphatic heterocycles. The predicted octanol–water partition coefficient (Wildman–Crippen LogP) is 3.51. The first-order valence-corrected chi connectivity index (χ1v) is 5.95. The van der Waals surface area contributed by atoms with Crippen LogP contribution in [-0.2, 0) is 12.8 Å². The summed E-state index contributed by atoms with van der Waals surface area (Å²) in [4.78, 5) is 4.43. The first-order chi connectivity index (χ1) is 7.86. The third kappa shape index (κ3) is 1.52. The van der Waals surface area contributed by atoms with Gasteiger partial charge in [0.1, 0.15) is 5.38 Å². The molecule has 0 N–H and O–H groups in total. The van der Waals surface area contributed by atoms with Gasteiger partial charge >= 0.3 is 0 Å². The zero-order valence-corrected chi connectivity index (χ0v) is 9.61. The Labute approximate surface area is 100 Å². The second kappa shape index (κ2) is 3.91. The van der Waals surface area contributed by atoms with Crippen LogP contribution in [0, 0.1) is 0 Å². The van der Waals surface area contributed by atoms with Crippen molar-refractivity contribution in [2.45, 2.75) is 18.2 Å². The van der Waals surface area contributed by atoms with Crippen LogP contribution in [0.5, 0.6) is 0 Å². The maximum atomic E-state index is 6.52. The van der Waals surface area contributed by atoms with Crippen LogP contribution in [0.4, 0.5) is 0 Å². The molecule has 0 saturated heterocycles. The smallest absolute Gasteiger partial charge is 0.101 e. The van der Waals surface area contributed by atoms with Crippen LogP contribution in [0.3, 0.4) is 0 Å². The van der Waals surface area contributed by atoms with E-state index >= 15 is 0 Å². The van der Waals surface area contributed by atoms with E-state index in [-0.39, 0.29) is 5.38 Å². The van der Waals surface area contributed by atoms with Crippen molar-refractivity contribution in [3.63, 3.8) is 0 Å². The number of aromatic nitrogens is 1. The predicted molar refractivity (Wildman–Crippen MR) is 65.8 cm³/mol. The molecule has 0 saturated carbocycles. The number of hydrogen-bond acceptors (Lipinski definition) is 1. The lowest BCUT2D eigenvalue weighted by Crippen LogP contribution is -1.99. The minimum atomic E-state index is -0.102. The van der Waals surface area contributed by atoms with E-state index in [2.05, 4.69) is 29.2 Å². The van der Waals surface area contributed by atoms with Gasteiger partial charge in [-0.2, -0.15) is 0 Å². The van der Waals surface area contributed by atoms with Crippen molar-refractivity contribution in [1.82, 2.24) is 4.98 Å². The van der Waals surface area contributed by atoms with Crippen LogP contribution in [0.1, 0.15) is 27.8 Å². The summed E-state index contributed by atoms with van der Waals surface area (Å²) in [6.45, 7) is 0. The average molecular weight is 230 g/mol. The Morgan fingerprint density at radius 3 is 2.69 bits per heavy atom. The fraction of sp³-hybridized carbons (Fsp3) is 0.214. The summed E-state index contributed by atoms with van der Waals surface area (Å²) >= 11 is 6.52. The molecule has 0 bridgehead atoms. The van der Waals surface area contributed by atoms with E-state index in [1.54, 1.807) is 0 Å². The molecule has 1 heterocycles. The monoisotopic (exact) mass is 229 g/mol. The van der Waals surface area contributed by atoms with Crippen molar-refractivity contribution in [3.05, 3.63) is 65.0 Å². The molecule has 0 spiro atoms. The molecule has 1 aliphatic rings. The van der Waals surface area contributed by atoms with E-state index < -0.39 is 0 Å². The number of rotatable bonds is 0. The summed E-state index contributed by atoms with van der Waals surface area (Å²) < 4.78 is 0. The summed E-state index contributed by atoms with van der Waals surface area (Å²) in [5.41, 5.74) is 4.86. The van der Waals surface area contributed by atoms with Gasteiger partial charge in [0.15, 0.2) is 0 Å². The van der Waals surface area contributed by atoms with Crippen LogP contribution in [0.25, 0.3) is 0 Å². The molecule has 1 aliphatic carbocycles. The van der Waals surface area contributed by atoms with Gasteiger partial charge in [0.2, 0.25) is 0 Å². The van der Waals surface area contributed by atoms with Gasteiger partial charge < -0.3 is 0 Å². The standard InChI is InChI=1S/C14H12ClN/c15-13-12-6-2-1-4-10(12)7-8-11-5-3-9-16-14(11)13/h1-6,9,13H,7-8H2. The second-order valence-corrected chi connectivity index (χ2v) is 4.55. The van der Waals surface area contributed by atoms with Crippen molar-refractivity contribution >= 4 is 11.6 Å². The number of halogens is 1. The molecule has 1 unspecified atom stereocenters. The van der Waals surface area contributed by atoms with Crippen LogP contribution in [0.15, 0.2) is 42.6 Å². The van der Waals surface area contributed by atoms with Crippen LogP contribution in [-0.4, -0.2) is 4.98 Å². The summed E-state index contributed by atoms with van der Waals surface area (Å²) in [6.07, 6.45) is 3.91. The molecule has 1 atom stereocenters. The highest BCUT2D eigenvalue weighted by Crippen LogP contribution is 2.35. The minimum absolute atomic E-state index is 0.102. The lowest BCUT2D eigenvalue weighted by atomic mass is 10.0. The van der Waals surface area contributed by atoms with Gasteiger partial charge in [0.05, 0.1) is 5.69 Å². The maximum absolute atomic E-state index is 6.52. The number of nitrogens with zero attached hydrogens (tertiary/aromatic N) is 1. The molecule has 2 heteroatoms. The van der Waals surface area contributed by atoms with Crippen molar-refractivity contribution in [3.8, 4) is 0 Å². The molecular formula is C14H12ClN. The molecule has 16 heavy (non-hydrogen) atoms. The van der Waals surface area contributed by atoms with Crippen LogP contribution in [0.2, 0.25) is 0 Å². The Kier molecular flexibility index (Phi) is 2.41. The van der Waals surface area contributed by atoms with E-state index in [9.17, 15) is 0 Å². The van der Waals surface area contributed by atoms with E-state index in [1.807, 2.05) is 18.3 Å². The normalized spacial score (nSPS) is 18.4. The third-order valence-electron chi connectivity index (χ3n) is 3.16. The van der Waals surface area contributed by atoms with Crippen LogP contribution >= 0.6 is 11.6 Å². The van der Waals surface area contributed by atoms with Crippen molar-refractivity contribution in [2.24, 2.45) is 0 Å². The van der Waals surface area contributed by atoms with Crippen molar-refractivity contribution in [1.29, 1.82) is 0 Å². The molecule has 0 radical (unpaired) electrons. The van der Waals surface area contributed by atoms with E-state index in [0.717, 1.165) is 18.5 Å². The molecule has 80 valence electrons. The zero-order valence-electron chi connectivity index (χ0n) is 8.86. The SMILES string of the molecule is ClC1c2ccccc2CCc2cccnc21. The lowest BCUT2D eigenvalue weighted by Gasteiger charge is -2.11. The first kappa shape index (κ1) is 9.86. The third-order valence-corrected chi connectivity index (χ3v) is 3.60. The Morgan fingerprint density at radius 2 is 1.75 bits per heavy atom. The summed E-state index contributed by atoms with van der Waals surface area (Å²) in [5.74, 6) is 0. The average Bonchev–Trinajstić information content (AvgIpc) is 2.49. The van der Waals surface area contributed by atoms with E-state index in [4.69, 9.17) is 11.6 Å². The van der Waals surface area contributed by atoms with Gasteiger partial charge in [-0.05, 0) is 35.6 Å². The lowest BCUT2D eigenvalue weighted by molar-refractivity contribution is 0.950. The number of hydrogen-bond donors (Lipinski definition) is 0. The largest absolute Gasteiger partial charge is 0.259 e. The number of fused-ring (bicyclic) bond motifs is 2. The number of pyridine rings is 1. The van der Waals surface area contributed by atoms with Gasteiger partial charge in [-0.15, -0.1) is 11.6 Å². The molecule has 0 fully saturated rings. The highest BCUT2D eigenvalue weighted by Gasteiger charge is 2.21. The van der Waals surface area contributed by atoms with Gasteiger partial charge in [-0.3, -0.25) is 4.98 Å². The highest BCUT2D eigenvalue weighted by atomic mass is 35.5. The van der Waals surface area contributed by atoms with Gasteiger partial charge in [0, 0.05) is 6.20 Å². The summed E-state index contributed by atoms with van der Waals surface area (Å²) in [6, 6.07) is 12.5. The second-order valence-electron chi connectivity index (χ2n) is 4.11. The number of aryl methyl sites for hydroxylation is 2. The molecule has 1 nitrogen and oxygen atoms in total. The van der Waals surface area contributed by atoms with E-state index in [1.165, 1.54) is 16.7 Å². The maximum Gasteiger partial charge on any atom is 0.101 e. The summed E-state index contributed by atoms with van der Waals surface area (Å²) in [7, 11) is 0.